The van der Waals surface area contributed by atoms with E-state index in [9.17, 15) is 14.7 Å². The first-order valence-corrected chi connectivity index (χ1v) is 6.60. The molecule has 1 aromatic rings. The summed E-state index contributed by atoms with van der Waals surface area (Å²) in [5.74, 6) is -1.06. The lowest BCUT2D eigenvalue weighted by Gasteiger charge is -2.35. The van der Waals surface area contributed by atoms with Crippen molar-refractivity contribution >= 4 is 23.2 Å². The van der Waals surface area contributed by atoms with Crippen LogP contribution in [-0.2, 0) is 21.4 Å². The van der Waals surface area contributed by atoms with Gasteiger partial charge in [0.1, 0.15) is 6.04 Å². The Labute approximate surface area is 103 Å². The molecule has 1 aliphatic carbocycles. The second kappa shape index (κ2) is 3.57. The van der Waals surface area contributed by atoms with Crippen LogP contribution in [0.2, 0.25) is 0 Å². The van der Waals surface area contributed by atoms with Crippen LogP contribution in [-0.4, -0.2) is 23.0 Å². The van der Waals surface area contributed by atoms with E-state index >= 15 is 0 Å². The van der Waals surface area contributed by atoms with Crippen molar-refractivity contribution in [1.82, 2.24) is 5.32 Å². The molecular weight excluding hydrogens is 238 g/mol. The number of carboxylic acid groups (broad SMARTS) is 1. The maximum absolute atomic E-state index is 11.6. The molecule has 2 aliphatic rings. The molecule has 2 atom stereocenters. The van der Waals surface area contributed by atoms with Gasteiger partial charge in [0.2, 0.25) is 5.91 Å². The number of carbonyl (C=O) groups is 2. The van der Waals surface area contributed by atoms with Gasteiger partial charge in [-0.15, -0.1) is 11.3 Å². The van der Waals surface area contributed by atoms with E-state index in [0.717, 1.165) is 24.8 Å². The SMILES string of the molecule is O=C1CC2(CCCc3sccc32)C(C(=O)O)N1. The molecule has 90 valence electrons. The van der Waals surface area contributed by atoms with Crippen LogP contribution in [0.4, 0.5) is 0 Å². The first-order valence-electron chi connectivity index (χ1n) is 5.72. The summed E-state index contributed by atoms with van der Waals surface area (Å²) in [6.45, 7) is 0. The molecule has 2 heterocycles. The molecule has 17 heavy (non-hydrogen) atoms. The summed E-state index contributed by atoms with van der Waals surface area (Å²) in [6, 6.07) is 1.23. The summed E-state index contributed by atoms with van der Waals surface area (Å²) in [6.07, 6.45) is 3.07. The molecule has 3 rings (SSSR count). The molecule has 0 aromatic carbocycles. The number of aliphatic carboxylic acids is 1. The maximum atomic E-state index is 11.6. The molecule has 2 unspecified atom stereocenters. The molecule has 1 saturated heterocycles. The topological polar surface area (TPSA) is 66.4 Å². The van der Waals surface area contributed by atoms with Crippen LogP contribution < -0.4 is 5.32 Å². The van der Waals surface area contributed by atoms with Gasteiger partial charge in [-0.25, -0.2) is 4.79 Å². The lowest BCUT2D eigenvalue weighted by Crippen LogP contribution is -2.47. The highest BCUT2D eigenvalue weighted by Crippen LogP contribution is 2.47. The molecule has 1 aliphatic heterocycles. The molecule has 5 heteroatoms. The Bertz CT molecular complexity index is 496. The molecule has 2 N–H and O–H groups in total. The van der Waals surface area contributed by atoms with E-state index in [0.29, 0.717) is 6.42 Å². The van der Waals surface area contributed by atoms with Crippen LogP contribution in [0.1, 0.15) is 29.7 Å². The zero-order valence-electron chi connectivity index (χ0n) is 9.23. The fourth-order valence-corrected chi connectivity index (χ4v) is 4.23. The van der Waals surface area contributed by atoms with E-state index in [4.69, 9.17) is 0 Å². The lowest BCUT2D eigenvalue weighted by atomic mass is 9.68. The second-order valence-corrected chi connectivity index (χ2v) is 5.78. The average molecular weight is 251 g/mol. The number of rotatable bonds is 1. The lowest BCUT2D eigenvalue weighted by molar-refractivity contribution is -0.141. The van der Waals surface area contributed by atoms with Crippen molar-refractivity contribution in [3.8, 4) is 0 Å². The van der Waals surface area contributed by atoms with E-state index in [2.05, 4.69) is 5.32 Å². The summed E-state index contributed by atoms with van der Waals surface area (Å²) < 4.78 is 0. The number of aryl methyl sites for hydroxylation is 1. The normalized spacial score (nSPS) is 31.3. The van der Waals surface area contributed by atoms with Crippen molar-refractivity contribution in [2.24, 2.45) is 0 Å². The van der Waals surface area contributed by atoms with Crippen LogP contribution in [0.5, 0.6) is 0 Å². The van der Waals surface area contributed by atoms with Crippen LogP contribution in [0, 0.1) is 0 Å². The zero-order chi connectivity index (χ0) is 12.0. The van der Waals surface area contributed by atoms with Crippen LogP contribution in [0.25, 0.3) is 0 Å². The van der Waals surface area contributed by atoms with Crippen molar-refractivity contribution in [2.75, 3.05) is 0 Å². The third kappa shape index (κ3) is 1.42. The Hall–Kier alpha value is -1.36. The van der Waals surface area contributed by atoms with Crippen LogP contribution in [0.3, 0.4) is 0 Å². The van der Waals surface area contributed by atoms with Gasteiger partial charge in [0, 0.05) is 16.7 Å². The highest BCUT2D eigenvalue weighted by molar-refractivity contribution is 7.10. The number of thiophene rings is 1. The number of carboxylic acids is 1. The first-order chi connectivity index (χ1) is 8.13. The molecule has 1 aromatic heterocycles. The molecule has 0 radical (unpaired) electrons. The standard InChI is InChI=1S/C12H13NO3S/c14-9-6-12(10(13-9)11(15)16)4-1-2-8-7(12)3-5-17-8/h3,5,10H,1-2,4,6H2,(H,13,14)(H,15,16). The maximum Gasteiger partial charge on any atom is 0.327 e. The third-order valence-corrected chi connectivity index (χ3v) is 4.87. The number of nitrogens with one attached hydrogen (secondary N) is 1. The highest BCUT2D eigenvalue weighted by atomic mass is 32.1. The minimum Gasteiger partial charge on any atom is -0.480 e. The number of amides is 1. The molecular formula is C12H13NO3S. The van der Waals surface area contributed by atoms with Crippen molar-refractivity contribution in [3.63, 3.8) is 0 Å². The second-order valence-electron chi connectivity index (χ2n) is 4.78. The van der Waals surface area contributed by atoms with Crippen molar-refractivity contribution in [1.29, 1.82) is 0 Å². The fraction of sp³-hybridized carbons (Fsp3) is 0.500. The first kappa shape index (κ1) is 10.8. The molecule has 4 nitrogen and oxygen atoms in total. The Morgan fingerprint density at radius 2 is 2.41 bits per heavy atom. The average Bonchev–Trinajstić information content (AvgIpc) is 2.85. The monoisotopic (exact) mass is 251 g/mol. The molecule has 0 bridgehead atoms. The highest BCUT2D eigenvalue weighted by Gasteiger charge is 2.53. The van der Waals surface area contributed by atoms with Crippen molar-refractivity contribution < 1.29 is 14.7 Å². The Morgan fingerprint density at radius 1 is 1.59 bits per heavy atom. The Morgan fingerprint density at radius 3 is 3.18 bits per heavy atom. The van der Waals surface area contributed by atoms with Gasteiger partial charge < -0.3 is 10.4 Å². The van der Waals surface area contributed by atoms with Gasteiger partial charge in [-0.2, -0.15) is 0 Å². The van der Waals surface area contributed by atoms with E-state index < -0.39 is 17.4 Å². The van der Waals surface area contributed by atoms with Crippen LogP contribution >= 0.6 is 11.3 Å². The van der Waals surface area contributed by atoms with Gasteiger partial charge in [-0.05, 0) is 36.3 Å². The summed E-state index contributed by atoms with van der Waals surface area (Å²) in [5, 5.41) is 13.9. The van der Waals surface area contributed by atoms with E-state index in [1.54, 1.807) is 11.3 Å². The Kier molecular flexibility index (Phi) is 2.26. The summed E-state index contributed by atoms with van der Waals surface area (Å²) in [5.41, 5.74) is 0.579. The Balaban J connectivity index is 2.13. The molecule has 1 amide bonds. The number of fused-ring (bicyclic) bond motifs is 2. The number of carbonyl (C=O) groups excluding carboxylic acids is 1. The zero-order valence-corrected chi connectivity index (χ0v) is 10.0. The minimum atomic E-state index is -0.921. The van der Waals surface area contributed by atoms with Crippen molar-refractivity contribution in [3.05, 3.63) is 21.9 Å². The largest absolute Gasteiger partial charge is 0.480 e. The summed E-state index contributed by atoms with van der Waals surface area (Å²) in [7, 11) is 0. The van der Waals surface area contributed by atoms with Crippen molar-refractivity contribution in [2.45, 2.75) is 37.1 Å². The predicted octanol–water partition coefficient (Wildman–Crippen LogP) is 1.30. The van der Waals surface area contributed by atoms with Gasteiger partial charge >= 0.3 is 5.97 Å². The van der Waals surface area contributed by atoms with Gasteiger partial charge in [0.25, 0.3) is 0 Å². The molecule has 1 spiro atoms. The summed E-state index contributed by atoms with van der Waals surface area (Å²) in [4.78, 5) is 24.2. The quantitative estimate of drug-likeness (QED) is 0.790. The van der Waals surface area contributed by atoms with Gasteiger partial charge in [-0.3, -0.25) is 4.79 Å². The smallest absolute Gasteiger partial charge is 0.327 e. The molecule has 0 saturated carbocycles. The minimum absolute atomic E-state index is 0.142. The van der Waals surface area contributed by atoms with Gasteiger partial charge in [0.05, 0.1) is 0 Å². The fourth-order valence-electron chi connectivity index (χ4n) is 3.20. The van der Waals surface area contributed by atoms with E-state index in [1.165, 1.54) is 4.88 Å². The third-order valence-electron chi connectivity index (χ3n) is 3.89. The predicted molar refractivity (Wildman–Crippen MR) is 63.1 cm³/mol. The summed E-state index contributed by atoms with van der Waals surface area (Å²) >= 11 is 1.67. The van der Waals surface area contributed by atoms with Gasteiger partial charge in [-0.1, -0.05) is 0 Å². The number of hydrogen-bond acceptors (Lipinski definition) is 3. The van der Waals surface area contributed by atoms with E-state index in [1.807, 2.05) is 11.4 Å². The molecule has 1 fully saturated rings. The van der Waals surface area contributed by atoms with Gasteiger partial charge in [0.15, 0.2) is 0 Å². The van der Waals surface area contributed by atoms with E-state index in [-0.39, 0.29) is 5.91 Å². The number of hydrogen-bond donors (Lipinski definition) is 2. The van der Waals surface area contributed by atoms with Crippen LogP contribution in [0.15, 0.2) is 11.4 Å².